The Balaban J connectivity index is 2.39. The summed E-state index contributed by atoms with van der Waals surface area (Å²) in [7, 11) is 1.95. The lowest BCUT2D eigenvalue weighted by Crippen LogP contribution is -2.31. The molecule has 0 saturated heterocycles. The van der Waals surface area contributed by atoms with Crippen LogP contribution in [0, 0.1) is 5.41 Å². The van der Waals surface area contributed by atoms with E-state index in [-0.39, 0.29) is 5.41 Å². The van der Waals surface area contributed by atoms with Gasteiger partial charge in [0.05, 0.1) is 13.2 Å². The zero-order valence-corrected chi connectivity index (χ0v) is 11.0. The largest absolute Gasteiger partial charge is 0.376 e. The Morgan fingerprint density at radius 2 is 2.00 bits per heavy atom. The summed E-state index contributed by atoms with van der Waals surface area (Å²) in [6.45, 7) is 6.59. The summed E-state index contributed by atoms with van der Waals surface area (Å²) >= 11 is 6.04. The molecule has 0 atom stereocenters. The smallest absolute Gasteiger partial charge is 0.0731 e. The third-order valence-corrected chi connectivity index (χ3v) is 2.73. The minimum Gasteiger partial charge on any atom is -0.376 e. The first-order valence-electron chi connectivity index (χ1n) is 5.51. The van der Waals surface area contributed by atoms with Gasteiger partial charge in [-0.25, -0.2) is 0 Å². The van der Waals surface area contributed by atoms with Crippen molar-refractivity contribution in [3.8, 4) is 0 Å². The third-order valence-electron chi connectivity index (χ3n) is 2.36. The number of benzene rings is 1. The van der Waals surface area contributed by atoms with E-state index < -0.39 is 0 Å². The van der Waals surface area contributed by atoms with Crippen molar-refractivity contribution >= 4 is 11.6 Å². The summed E-state index contributed by atoms with van der Waals surface area (Å²) < 4.78 is 5.69. The molecule has 16 heavy (non-hydrogen) atoms. The number of nitrogens with one attached hydrogen (secondary N) is 1. The lowest BCUT2D eigenvalue weighted by molar-refractivity contribution is 0.0522. The number of halogens is 1. The van der Waals surface area contributed by atoms with Crippen molar-refractivity contribution in [3.63, 3.8) is 0 Å². The average molecular weight is 242 g/mol. The number of hydrogen-bond donors (Lipinski definition) is 1. The molecule has 0 aliphatic carbocycles. The van der Waals surface area contributed by atoms with Gasteiger partial charge >= 0.3 is 0 Å². The lowest BCUT2D eigenvalue weighted by atomic mass is 9.95. The van der Waals surface area contributed by atoms with Crippen molar-refractivity contribution in [2.24, 2.45) is 5.41 Å². The van der Waals surface area contributed by atoms with Gasteiger partial charge in [-0.3, -0.25) is 0 Å². The molecule has 0 amide bonds. The Morgan fingerprint density at radius 1 is 1.31 bits per heavy atom. The van der Waals surface area contributed by atoms with Crippen LogP contribution < -0.4 is 5.32 Å². The molecule has 0 spiro atoms. The fraction of sp³-hybridized carbons (Fsp3) is 0.538. The fourth-order valence-corrected chi connectivity index (χ4v) is 1.77. The molecular formula is C13H20ClNO. The second-order valence-corrected chi connectivity index (χ2v) is 5.19. The lowest BCUT2D eigenvalue weighted by Gasteiger charge is -2.24. The van der Waals surface area contributed by atoms with Crippen molar-refractivity contribution < 1.29 is 4.74 Å². The van der Waals surface area contributed by atoms with Crippen molar-refractivity contribution in [2.75, 3.05) is 20.2 Å². The molecule has 3 heteroatoms. The van der Waals surface area contributed by atoms with Crippen molar-refractivity contribution in [2.45, 2.75) is 20.5 Å². The van der Waals surface area contributed by atoms with Crippen molar-refractivity contribution in [1.82, 2.24) is 5.32 Å². The van der Waals surface area contributed by atoms with Gasteiger partial charge in [-0.2, -0.15) is 0 Å². The van der Waals surface area contributed by atoms with Crippen LogP contribution in [0.4, 0.5) is 0 Å². The van der Waals surface area contributed by atoms with E-state index in [0.717, 1.165) is 23.7 Å². The van der Waals surface area contributed by atoms with Crippen LogP contribution in [-0.2, 0) is 11.3 Å². The first kappa shape index (κ1) is 13.5. The number of rotatable bonds is 6. The summed E-state index contributed by atoms with van der Waals surface area (Å²) in [5.41, 5.74) is 1.19. The summed E-state index contributed by atoms with van der Waals surface area (Å²) in [6, 6.07) is 7.78. The number of ether oxygens (including phenoxy) is 1. The maximum absolute atomic E-state index is 6.04. The molecule has 2 nitrogen and oxygen atoms in total. The molecule has 0 unspecified atom stereocenters. The predicted octanol–water partition coefficient (Wildman–Crippen LogP) is 3.10. The van der Waals surface area contributed by atoms with Gasteiger partial charge in [-0.15, -0.1) is 0 Å². The minimum atomic E-state index is 0.149. The van der Waals surface area contributed by atoms with Crippen LogP contribution in [0.15, 0.2) is 24.3 Å². The summed E-state index contributed by atoms with van der Waals surface area (Å²) in [5, 5.41) is 3.93. The van der Waals surface area contributed by atoms with Gasteiger partial charge < -0.3 is 10.1 Å². The van der Waals surface area contributed by atoms with E-state index in [9.17, 15) is 0 Å². The molecular weight excluding hydrogens is 222 g/mol. The second kappa shape index (κ2) is 6.24. The Morgan fingerprint density at radius 3 is 2.62 bits per heavy atom. The monoisotopic (exact) mass is 241 g/mol. The maximum Gasteiger partial charge on any atom is 0.0731 e. The van der Waals surface area contributed by atoms with E-state index in [1.165, 1.54) is 0 Å². The van der Waals surface area contributed by atoms with E-state index >= 15 is 0 Å². The molecule has 0 bridgehead atoms. The molecule has 1 aromatic carbocycles. The highest BCUT2D eigenvalue weighted by atomic mass is 35.5. The van der Waals surface area contributed by atoms with Gasteiger partial charge in [-0.05, 0) is 18.7 Å². The van der Waals surface area contributed by atoms with E-state index in [1.54, 1.807) is 0 Å². The number of hydrogen-bond acceptors (Lipinski definition) is 2. The van der Waals surface area contributed by atoms with E-state index in [1.807, 2.05) is 31.3 Å². The van der Waals surface area contributed by atoms with Gasteiger partial charge in [-0.1, -0.05) is 43.6 Å². The molecule has 0 fully saturated rings. The Labute approximate surface area is 103 Å². The topological polar surface area (TPSA) is 21.3 Å². The average Bonchev–Trinajstić information content (AvgIpc) is 2.20. The molecule has 0 aliphatic rings. The van der Waals surface area contributed by atoms with E-state index in [0.29, 0.717) is 6.61 Å². The summed E-state index contributed by atoms with van der Waals surface area (Å²) in [5.74, 6) is 0. The van der Waals surface area contributed by atoms with Crippen molar-refractivity contribution in [1.29, 1.82) is 0 Å². The normalized spacial score (nSPS) is 11.8. The minimum absolute atomic E-state index is 0.149. The molecule has 0 aliphatic heterocycles. The first-order chi connectivity index (χ1) is 7.55. The van der Waals surface area contributed by atoms with Gasteiger partial charge in [0.15, 0.2) is 0 Å². The first-order valence-corrected chi connectivity index (χ1v) is 5.89. The van der Waals surface area contributed by atoms with Crippen LogP contribution in [-0.4, -0.2) is 20.2 Å². The van der Waals surface area contributed by atoms with Gasteiger partial charge in [0.2, 0.25) is 0 Å². The van der Waals surface area contributed by atoms with Crippen LogP contribution in [0.1, 0.15) is 19.4 Å². The van der Waals surface area contributed by atoms with E-state index in [2.05, 4.69) is 19.2 Å². The highest BCUT2D eigenvalue weighted by Gasteiger charge is 2.16. The van der Waals surface area contributed by atoms with Crippen molar-refractivity contribution in [3.05, 3.63) is 34.9 Å². The standard InChI is InChI=1S/C13H20ClNO/c1-13(2,9-15-3)10-16-8-11-6-4-5-7-12(11)14/h4-7,15H,8-10H2,1-3H3. The van der Waals surface area contributed by atoms with Crippen LogP contribution in [0.2, 0.25) is 5.02 Å². The fourth-order valence-electron chi connectivity index (χ4n) is 1.58. The Kier molecular flexibility index (Phi) is 5.26. The molecule has 0 aromatic heterocycles. The molecule has 0 saturated carbocycles. The quantitative estimate of drug-likeness (QED) is 0.827. The highest BCUT2D eigenvalue weighted by Crippen LogP contribution is 2.18. The van der Waals surface area contributed by atoms with Gasteiger partial charge in [0.25, 0.3) is 0 Å². The predicted molar refractivity (Wildman–Crippen MR) is 68.8 cm³/mol. The molecule has 0 heterocycles. The molecule has 1 aromatic rings. The SMILES string of the molecule is CNCC(C)(C)COCc1ccccc1Cl. The van der Waals surface area contributed by atoms with Gasteiger partial charge in [0.1, 0.15) is 0 Å². The second-order valence-electron chi connectivity index (χ2n) is 4.78. The maximum atomic E-state index is 6.04. The van der Waals surface area contributed by atoms with E-state index in [4.69, 9.17) is 16.3 Å². The molecule has 1 rings (SSSR count). The zero-order valence-electron chi connectivity index (χ0n) is 10.2. The molecule has 1 N–H and O–H groups in total. The Bertz CT molecular complexity index is 325. The highest BCUT2D eigenvalue weighted by molar-refractivity contribution is 6.31. The Hall–Kier alpha value is -0.570. The van der Waals surface area contributed by atoms with Gasteiger partial charge in [0, 0.05) is 17.0 Å². The van der Waals surface area contributed by atoms with Crippen LogP contribution >= 0.6 is 11.6 Å². The van der Waals surface area contributed by atoms with Crippen LogP contribution in [0.25, 0.3) is 0 Å². The van der Waals surface area contributed by atoms with Crippen LogP contribution in [0.5, 0.6) is 0 Å². The van der Waals surface area contributed by atoms with Crippen LogP contribution in [0.3, 0.4) is 0 Å². The third kappa shape index (κ3) is 4.52. The zero-order chi connectivity index (χ0) is 12.0. The molecule has 0 radical (unpaired) electrons. The summed E-state index contributed by atoms with van der Waals surface area (Å²) in [4.78, 5) is 0. The summed E-state index contributed by atoms with van der Waals surface area (Å²) in [6.07, 6.45) is 0. The molecule has 90 valence electrons.